The molecule has 0 spiro atoms. The first kappa shape index (κ1) is 21.1. The van der Waals surface area contributed by atoms with Gasteiger partial charge in [-0.3, -0.25) is 9.20 Å². The molecule has 1 saturated heterocycles. The Balaban J connectivity index is 1.66. The van der Waals surface area contributed by atoms with Crippen LogP contribution in [0.1, 0.15) is 60.9 Å². The highest BCUT2D eigenvalue weighted by Crippen LogP contribution is 2.28. The van der Waals surface area contributed by atoms with Crippen molar-refractivity contribution in [3.63, 3.8) is 0 Å². The first-order valence-electron chi connectivity index (χ1n) is 10.1. The van der Waals surface area contributed by atoms with Crippen molar-refractivity contribution in [2.75, 3.05) is 18.5 Å². The van der Waals surface area contributed by atoms with E-state index in [2.05, 4.69) is 20.3 Å². The summed E-state index contributed by atoms with van der Waals surface area (Å²) >= 11 is 0. The SMILES string of the molecule is CC(C)Oc1nc2nc(C3CCCOC3)cn2cc1NC(=O)c1cccc(C(F)F)n1. The Bertz CT molecular complexity index is 1080. The minimum absolute atomic E-state index is 0.126. The van der Waals surface area contributed by atoms with Crippen molar-refractivity contribution in [3.8, 4) is 5.88 Å². The molecule has 1 amide bonds. The molecule has 4 heterocycles. The highest BCUT2D eigenvalue weighted by atomic mass is 19.3. The van der Waals surface area contributed by atoms with Gasteiger partial charge in [-0.15, -0.1) is 0 Å². The fourth-order valence-electron chi connectivity index (χ4n) is 3.38. The van der Waals surface area contributed by atoms with Gasteiger partial charge in [-0.25, -0.2) is 18.7 Å². The maximum Gasteiger partial charge on any atom is 0.280 e. The summed E-state index contributed by atoms with van der Waals surface area (Å²) in [4.78, 5) is 25.5. The number of anilines is 1. The number of nitrogens with one attached hydrogen (secondary N) is 1. The van der Waals surface area contributed by atoms with E-state index in [0.29, 0.717) is 18.1 Å². The summed E-state index contributed by atoms with van der Waals surface area (Å²) in [6.45, 7) is 5.03. The number of halogens is 2. The van der Waals surface area contributed by atoms with Crippen LogP contribution in [0.4, 0.5) is 14.5 Å². The second kappa shape index (κ2) is 8.93. The standard InChI is InChI=1S/C21H23F2N5O3/c1-12(2)31-20-17(25-19(29)15-7-3-6-14(24-15)18(22)23)10-28-9-16(26-21(28)27-20)13-5-4-8-30-11-13/h3,6-7,9-10,12-13,18H,4-5,8,11H2,1-2H3,(H,25,29). The van der Waals surface area contributed by atoms with E-state index >= 15 is 0 Å². The Kier molecular flexibility index (Phi) is 6.08. The molecule has 31 heavy (non-hydrogen) atoms. The van der Waals surface area contributed by atoms with Crippen molar-refractivity contribution in [3.05, 3.63) is 47.7 Å². The second-order valence-corrected chi connectivity index (χ2v) is 7.62. The molecule has 1 atom stereocenters. The third kappa shape index (κ3) is 4.79. The molecule has 1 unspecified atom stereocenters. The minimum Gasteiger partial charge on any atom is -0.473 e. The number of carbonyl (C=O) groups is 1. The van der Waals surface area contributed by atoms with Crippen molar-refractivity contribution in [1.82, 2.24) is 19.4 Å². The fraction of sp³-hybridized carbons (Fsp3) is 0.429. The molecule has 0 aliphatic carbocycles. The largest absolute Gasteiger partial charge is 0.473 e. The minimum atomic E-state index is -2.77. The molecular weight excluding hydrogens is 408 g/mol. The van der Waals surface area contributed by atoms with Gasteiger partial charge in [0, 0.05) is 24.9 Å². The summed E-state index contributed by atoms with van der Waals surface area (Å²) in [5.41, 5.74) is 0.560. The number of amides is 1. The molecule has 3 aromatic heterocycles. The third-order valence-electron chi connectivity index (χ3n) is 4.83. The summed E-state index contributed by atoms with van der Waals surface area (Å²) in [5, 5.41) is 2.67. The molecule has 0 aromatic carbocycles. The van der Waals surface area contributed by atoms with Crippen LogP contribution < -0.4 is 10.1 Å². The van der Waals surface area contributed by atoms with Gasteiger partial charge >= 0.3 is 0 Å². The zero-order chi connectivity index (χ0) is 22.0. The van der Waals surface area contributed by atoms with Crippen LogP contribution >= 0.6 is 0 Å². The summed E-state index contributed by atoms with van der Waals surface area (Å²) in [6.07, 6.45) is 2.49. The van der Waals surface area contributed by atoms with Gasteiger partial charge < -0.3 is 14.8 Å². The van der Waals surface area contributed by atoms with E-state index in [9.17, 15) is 13.6 Å². The van der Waals surface area contributed by atoms with Gasteiger partial charge in [0.25, 0.3) is 12.3 Å². The van der Waals surface area contributed by atoms with E-state index in [1.165, 1.54) is 18.2 Å². The number of pyridine rings is 1. The first-order valence-corrected chi connectivity index (χ1v) is 10.1. The monoisotopic (exact) mass is 431 g/mol. The molecular formula is C21H23F2N5O3. The van der Waals surface area contributed by atoms with Crippen LogP contribution in [0.2, 0.25) is 0 Å². The number of fused-ring (bicyclic) bond motifs is 1. The average Bonchev–Trinajstić information content (AvgIpc) is 3.17. The van der Waals surface area contributed by atoms with E-state index in [0.717, 1.165) is 25.1 Å². The molecule has 164 valence electrons. The first-order chi connectivity index (χ1) is 14.9. The number of hydrogen-bond acceptors (Lipinski definition) is 6. The molecule has 0 saturated carbocycles. The highest BCUT2D eigenvalue weighted by Gasteiger charge is 2.22. The van der Waals surface area contributed by atoms with Gasteiger partial charge in [0.05, 0.1) is 18.4 Å². The Hall–Kier alpha value is -3.14. The van der Waals surface area contributed by atoms with Gasteiger partial charge in [0.2, 0.25) is 11.7 Å². The van der Waals surface area contributed by atoms with Crippen molar-refractivity contribution in [2.24, 2.45) is 0 Å². The Morgan fingerprint density at radius 1 is 1.26 bits per heavy atom. The van der Waals surface area contributed by atoms with Crippen LogP contribution in [-0.2, 0) is 4.74 Å². The number of hydrogen-bond donors (Lipinski definition) is 1. The molecule has 1 fully saturated rings. The quantitative estimate of drug-likeness (QED) is 0.635. The second-order valence-electron chi connectivity index (χ2n) is 7.62. The molecule has 8 nitrogen and oxygen atoms in total. The van der Waals surface area contributed by atoms with Crippen molar-refractivity contribution in [2.45, 2.75) is 45.1 Å². The van der Waals surface area contributed by atoms with Gasteiger partial charge in [0.15, 0.2) is 0 Å². The van der Waals surface area contributed by atoms with E-state index in [1.807, 2.05) is 20.0 Å². The van der Waals surface area contributed by atoms with Crippen LogP contribution in [0.25, 0.3) is 5.78 Å². The van der Waals surface area contributed by atoms with E-state index in [4.69, 9.17) is 9.47 Å². The van der Waals surface area contributed by atoms with Gasteiger partial charge in [-0.1, -0.05) is 6.07 Å². The average molecular weight is 431 g/mol. The maximum atomic E-state index is 12.9. The lowest BCUT2D eigenvalue weighted by Gasteiger charge is -2.19. The third-order valence-corrected chi connectivity index (χ3v) is 4.83. The molecule has 1 aliphatic rings. The molecule has 1 N–H and O–H groups in total. The number of aromatic nitrogens is 4. The smallest absolute Gasteiger partial charge is 0.280 e. The number of imidazole rings is 1. The van der Waals surface area contributed by atoms with E-state index < -0.39 is 18.0 Å². The van der Waals surface area contributed by atoms with E-state index in [-0.39, 0.29) is 23.6 Å². The number of nitrogens with zero attached hydrogens (tertiary/aromatic N) is 4. The number of rotatable bonds is 6. The molecule has 3 aromatic rings. The van der Waals surface area contributed by atoms with Crippen molar-refractivity contribution in [1.29, 1.82) is 0 Å². The van der Waals surface area contributed by atoms with Gasteiger partial charge in [0.1, 0.15) is 17.1 Å². The fourth-order valence-corrected chi connectivity index (χ4v) is 3.38. The topological polar surface area (TPSA) is 90.6 Å². The van der Waals surface area contributed by atoms with Crippen LogP contribution in [0.15, 0.2) is 30.6 Å². The molecule has 10 heteroatoms. The Morgan fingerprint density at radius 3 is 2.81 bits per heavy atom. The lowest BCUT2D eigenvalue weighted by Crippen LogP contribution is -2.17. The highest BCUT2D eigenvalue weighted by molar-refractivity contribution is 6.03. The molecule has 1 aliphatic heterocycles. The van der Waals surface area contributed by atoms with Gasteiger partial charge in [-0.2, -0.15) is 4.98 Å². The van der Waals surface area contributed by atoms with Crippen LogP contribution in [0.5, 0.6) is 5.88 Å². The van der Waals surface area contributed by atoms with Crippen LogP contribution in [0, 0.1) is 0 Å². The Labute approximate surface area is 177 Å². The van der Waals surface area contributed by atoms with E-state index in [1.54, 1.807) is 10.6 Å². The summed E-state index contributed by atoms with van der Waals surface area (Å²) in [6, 6.07) is 3.91. The summed E-state index contributed by atoms with van der Waals surface area (Å²) in [7, 11) is 0. The molecule has 4 rings (SSSR count). The summed E-state index contributed by atoms with van der Waals surface area (Å²) in [5.74, 6) is 0.174. The predicted molar refractivity (Wildman–Crippen MR) is 109 cm³/mol. The Morgan fingerprint density at radius 2 is 2.10 bits per heavy atom. The van der Waals surface area contributed by atoms with Gasteiger partial charge in [-0.05, 0) is 38.8 Å². The normalized spacial score (nSPS) is 16.8. The summed E-state index contributed by atoms with van der Waals surface area (Å²) < 4.78 is 38.9. The van der Waals surface area contributed by atoms with Crippen molar-refractivity contribution < 1.29 is 23.0 Å². The zero-order valence-electron chi connectivity index (χ0n) is 17.2. The lowest BCUT2D eigenvalue weighted by atomic mass is 9.99. The lowest BCUT2D eigenvalue weighted by molar-refractivity contribution is 0.0794. The van der Waals surface area contributed by atoms with Crippen LogP contribution in [0.3, 0.4) is 0 Å². The van der Waals surface area contributed by atoms with Crippen LogP contribution in [-0.4, -0.2) is 44.6 Å². The van der Waals surface area contributed by atoms with Crippen molar-refractivity contribution >= 4 is 17.4 Å². The number of carbonyl (C=O) groups excluding carboxylic acids is 1. The predicted octanol–water partition coefficient (Wildman–Crippen LogP) is 4.00. The number of alkyl halides is 2. The molecule has 0 radical (unpaired) electrons. The molecule has 0 bridgehead atoms. The maximum absolute atomic E-state index is 12.9. The number of ether oxygens (including phenoxy) is 2. The zero-order valence-corrected chi connectivity index (χ0v) is 17.2.